The van der Waals surface area contributed by atoms with Crippen LogP contribution in [0.25, 0.3) is 0 Å². The molecule has 6 nitrogen and oxygen atoms in total. The Kier molecular flexibility index (Phi) is 3.50. The Morgan fingerprint density at radius 1 is 1.37 bits per heavy atom. The number of nitrogens with one attached hydrogen (secondary N) is 1. The fourth-order valence-electron chi connectivity index (χ4n) is 1.91. The maximum atomic E-state index is 12.0. The highest BCUT2D eigenvalue weighted by atomic mass is 16.5. The first-order valence-electron chi connectivity index (χ1n) is 5.79. The van der Waals surface area contributed by atoms with Gasteiger partial charge in [-0.3, -0.25) is 14.4 Å². The molecule has 0 unspecified atom stereocenters. The highest BCUT2D eigenvalue weighted by Crippen LogP contribution is 2.34. The minimum Gasteiger partial charge on any atom is -0.481 e. The number of fused-ring (bicyclic) bond motifs is 1. The number of aryl methyl sites for hydroxylation is 1. The van der Waals surface area contributed by atoms with Gasteiger partial charge in [-0.2, -0.15) is 0 Å². The van der Waals surface area contributed by atoms with Crippen molar-refractivity contribution in [2.75, 3.05) is 11.9 Å². The molecule has 1 aromatic rings. The summed E-state index contributed by atoms with van der Waals surface area (Å²) in [7, 11) is 0. The minimum absolute atomic E-state index is 0.0947. The van der Waals surface area contributed by atoms with Gasteiger partial charge in [0.15, 0.2) is 18.1 Å². The zero-order chi connectivity index (χ0) is 14.0. The lowest BCUT2D eigenvalue weighted by atomic mass is 10.0. The number of ether oxygens (including phenoxy) is 1. The van der Waals surface area contributed by atoms with Gasteiger partial charge in [-0.05, 0) is 24.6 Å². The smallest absolute Gasteiger partial charge is 0.303 e. The third-order valence-corrected chi connectivity index (χ3v) is 2.72. The molecule has 1 heterocycles. The van der Waals surface area contributed by atoms with Gasteiger partial charge in [-0.25, -0.2) is 0 Å². The standard InChI is InChI=1S/C13H13NO5/c1-7-4-8(10(15)2-3-12(17)18)13-9(5-7)14-11(16)6-19-13/h4-5H,2-3,6H2,1H3,(H,14,16)(H,17,18). The lowest BCUT2D eigenvalue weighted by molar-refractivity contribution is -0.137. The lowest BCUT2D eigenvalue weighted by Gasteiger charge is -2.21. The number of hydrogen-bond acceptors (Lipinski definition) is 4. The van der Waals surface area contributed by atoms with Crippen LogP contribution < -0.4 is 10.1 Å². The molecule has 0 aromatic heterocycles. The van der Waals surface area contributed by atoms with Crippen molar-refractivity contribution in [2.24, 2.45) is 0 Å². The number of amides is 1. The van der Waals surface area contributed by atoms with Gasteiger partial charge in [-0.1, -0.05) is 0 Å². The molecule has 1 amide bonds. The Balaban J connectivity index is 2.32. The van der Waals surface area contributed by atoms with E-state index >= 15 is 0 Å². The summed E-state index contributed by atoms with van der Waals surface area (Å²) in [6.07, 6.45) is -0.323. The second kappa shape index (κ2) is 5.09. The molecule has 0 aliphatic carbocycles. The van der Waals surface area contributed by atoms with E-state index in [0.29, 0.717) is 17.0 Å². The van der Waals surface area contributed by atoms with E-state index in [0.717, 1.165) is 5.56 Å². The Morgan fingerprint density at radius 3 is 2.79 bits per heavy atom. The molecule has 0 fully saturated rings. The van der Waals surface area contributed by atoms with Crippen LogP contribution in [-0.4, -0.2) is 29.4 Å². The average Bonchev–Trinajstić information content (AvgIpc) is 2.34. The number of carbonyl (C=O) groups excluding carboxylic acids is 2. The van der Waals surface area contributed by atoms with Gasteiger partial charge >= 0.3 is 5.97 Å². The molecule has 19 heavy (non-hydrogen) atoms. The number of Topliss-reactive ketones (excluding diaryl/α,β-unsaturated/α-hetero) is 1. The van der Waals surface area contributed by atoms with E-state index in [1.807, 2.05) is 0 Å². The van der Waals surface area contributed by atoms with Crippen LogP contribution in [0.15, 0.2) is 12.1 Å². The van der Waals surface area contributed by atoms with Crippen LogP contribution in [0.3, 0.4) is 0 Å². The van der Waals surface area contributed by atoms with E-state index in [-0.39, 0.29) is 31.1 Å². The van der Waals surface area contributed by atoms with Crippen molar-refractivity contribution in [3.63, 3.8) is 0 Å². The quantitative estimate of drug-likeness (QED) is 0.800. The number of carbonyl (C=O) groups is 3. The number of carboxylic acids is 1. The van der Waals surface area contributed by atoms with Gasteiger partial charge in [0.1, 0.15) is 0 Å². The van der Waals surface area contributed by atoms with Crippen LogP contribution in [0.5, 0.6) is 5.75 Å². The number of benzene rings is 1. The Hall–Kier alpha value is -2.37. The van der Waals surface area contributed by atoms with Crippen LogP contribution >= 0.6 is 0 Å². The average molecular weight is 263 g/mol. The van der Waals surface area contributed by atoms with Crippen molar-refractivity contribution in [1.82, 2.24) is 0 Å². The highest BCUT2D eigenvalue weighted by Gasteiger charge is 2.23. The summed E-state index contributed by atoms with van der Waals surface area (Å²) in [5.74, 6) is -1.29. The fraction of sp³-hybridized carbons (Fsp3) is 0.308. The molecular formula is C13H13NO5. The number of hydrogen-bond donors (Lipinski definition) is 2. The summed E-state index contributed by atoms with van der Waals surface area (Å²) >= 11 is 0. The van der Waals surface area contributed by atoms with E-state index in [4.69, 9.17) is 9.84 Å². The van der Waals surface area contributed by atoms with Crippen LogP contribution in [0, 0.1) is 6.92 Å². The molecule has 0 radical (unpaired) electrons. The van der Waals surface area contributed by atoms with E-state index in [1.165, 1.54) is 0 Å². The zero-order valence-electron chi connectivity index (χ0n) is 10.4. The number of rotatable bonds is 4. The van der Waals surface area contributed by atoms with Gasteiger partial charge < -0.3 is 15.2 Å². The molecule has 1 aliphatic rings. The van der Waals surface area contributed by atoms with E-state index in [1.54, 1.807) is 19.1 Å². The van der Waals surface area contributed by atoms with Gasteiger partial charge in [0.2, 0.25) is 0 Å². The number of ketones is 1. The van der Waals surface area contributed by atoms with Crippen molar-refractivity contribution in [2.45, 2.75) is 19.8 Å². The van der Waals surface area contributed by atoms with Crippen molar-refractivity contribution in [3.8, 4) is 5.75 Å². The number of anilines is 1. The molecule has 6 heteroatoms. The summed E-state index contributed by atoms with van der Waals surface area (Å²) in [6.45, 7) is 1.64. The molecule has 1 aliphatic heterocycles. The molecule has 0 atom stereocenters. The normalized spacial score (nSPS) is 13.2. The topological polar surface area (TPSA) is 92.7 Å². The molecule has 0 saturated carbocycles. The summed E-state index contributed by atoms with van der Waals surface area (Å²) in [4.78, 5) is 33.7. The maximum Gasteiger partial charge on any atom is 0.303 e. The Bertz CT molecular complexity index is 564. The first kappa shape index (κ1) is 13.1. The van der Waals surface area contributed by atoms with Crippen LogP contribution in [0.4, 0.5) is 5.69 Å². The first-order valence-corrected chi connectivity index (χ1v) is 5.79. The Morgan fingerprint density at radius 2 is 2.11 bits per heavy atom. The predicted octanol–water partition coefficient (Wildman–Crippen LogP) is 1.37. The molecular weight excluding hydrogens is 250 g/mol. The van der Waals surface area contributed by atoms with E-state index in [9.17, 15) is 14.4 Å². The summed E-state index contributed by atoms with van der Waals surface area (Å²) in [5.41, 5.74) is 1.56. The highest BCUT2D eigenvalue weighted by molar-refractivity contribution is 6.04. The number of aliphatic carboxylic acids is 1. The molecule has 0 spiro atoms. The summed E-state index contributed by atoms with van der Waals surface area (Å²) < 4.78 is 5.27. The maximum absolute atomic E-state index is 12.0. The second-order valence-electron chi connectivity index (χ2n) is 4.34. The van der Waals surface area contributed by atoms with Crippen LogP contribution in [-0.2, 0) is 9.59 Å². The molecule has 100 valence electrons. The van der Waals surface area contributed by atoms with Crippen molar-refractivity contribution in [3.05, 3.63) is 23.3 Å². The fourth-order valence-corrected chi connectivity index (χ4v) is 1.91. The lowest BCUT2D eigenvalue weighted by Crippen LogP contribution is -2.26. The molecule has 0 bridgehead atoms. The SMILES string of the molecule is Cc1cc2c(c(C(=O)CCC(=O)O)c1)OCC(=O)N2. The van der Waals surface area contributed by atoms with Crippen LogP contribution in [0.2, 0.25) is 0 Å². The second-order valence-corrected chi connectivity index (χ2v) is 4.34. The molecule has 0 saturated heterocycles. The Labute approximate surface area is 109 Å². The van der Waals surface area contributed by atoms with Gasteiger partial charge in [0.05, 0.1) is 17.7 Å². The summed E-state index contributed by atoms with van der Waals surface area (Å²) in [5, 5.41) is 11.2. The van der Waals surface area contributed by atoms with E-state index < -0.39 is 5.97 Å². The molecule has 2 rings (SSSR count). The van der Waals surface area contributed by atoms with Crippen molar-refractivity contribution < 1.29 is 24.2 Å². The third-order valence-electron chi connectivity index (χ3n) is 2.72. The predicted molar refractivity (Wildman–Crippen MR) is 66.5 cm³/mol. The largest absolute Gasteiger partial charge is 0.481 e. The van der Waals surface area contributed by atoms with E-state index in [2.05, 4.69) is 5.32 Å². The zero-order valence-corrected chi connectivity index (χ0v) is 10.4. The summed E-state index contributed by atoms with van der Waals surface area (Å²) in [6, 6.07) is 3.35. The minimum atomic E-state index is -1.02. The van der Waals surface area contributed by atoms with Gasteiger partial charge in [-0.15, -0.1) is 0 Å². The van der Waals surface area contributed by atoms with Gasteiger partial charge in [0.25, 0.3) is 5.91 Å². The monoisotopic (exact) mass is 263 g/mol. The van der Waals surface area contributed by atoms with Crippen molar-refractivity contribution >= 4 is 23.3 Å². The van der Waals surface area contributed by atoms with Gasteiger partial charge in [0, 0.05) is 6.42 Å². The van der Waals surface area contributed by atoms with Crippen molar-refractivity contribution in [1.29, 1.82) is 0 Å². The third kappa shape index (κ3) is 2.90. The number of carboxylic acid groups (broad SMARTS) is 1. The molecule has 1 aromatic carbocycles. The first-order chi connectivity index (χ1) is 8.97. The van der Waals surface area contributed by atoms with Crippen LogP contribution in [0.1, 0.15) is 28.8 Å². The molecule has 2 N–H and O–H groups in total.